The minimum atomic E-state index is -0.677. The number of hydrogen-bond donors (Lipinski definition) is 1. The summed E-state index contributed by atoms with van der Waals surface area (Å²) < 4.78 is 16.4. The maximum Gasteiger partial charge on any atom is 0.341 e. The Hall–Kier alpha value is -3.87. The van der Waals surface area contributed by atoms with Gasteiger partial charge in [-0.05, 0) is 82.3 Å². The van der Waals surface area contributed by atoms with Gasteiger partial charge in [0, 0.05) is 21.5 Å². The van der Waals surface area contributed by atoms with Crippen LogP contribution in [0.1, 0.15) is 70.5 Å². The minimum Gasteiger partial charge on any atom is -0.462 e. The predicted molar refractivity (Wildman–Crippen MR) is 149 cm³/mol. The number of amides is 1. The lowest BCUT2D eigenvalue weighted by Gasteiger charge is -2.12. The highest BCUT2D eigenvalue weighted by atomic mass is 35.5. The van der Waals surface area contributed by atoms with E-state index in [0.717, 1.165) is 36.1 Å². The lowest BCUT2D eigenvalue weighted by atomic mass is 9.95. The minimum absolute atomic E-state index is 0.213. The van der Waals surface area contributed by atoms with Gasteiger partial charge in [0.2, 0.25) is 0 Å². The number of rotatable bonds is 8. The molecular formula is C29H27ClN2O6S. The average Bonchev–Trinajstić information content (AvgIpc) is 3.51. The van der Waals surface area contributed by atoms with Gasteiger partial charge in [0.05, 0.1) is 23.8 Å². The van der Waals surface area contributed by atoms with E-state index in [9.17, 15) is 19.6 Å². The van der Waals surface area contributed by atoms with Crippen molar-refractivity contribution in [2.45, 2.75) is 52.6 Å². The van der Waals surface area contributed by atoms with Gasteiger partial charge in [-0.3, -0.25) is 4.79 Å². The molecule has 0 saturated heterocycles. The molecule has 2 heterocycles. The summed E-state index contributed by atoms with van der Waals surface area (Å²) in [6.07, 6.45) is 4.52. The molecule has 1 aliphatic rings. The average molecular weight is 567 g/mol. The molecule has 4 rings (SSSR count). The van der Waals surface area contributed by atoms with E-state index in [1.165, 1.54) is 17.4 Å². The summed E-state index contributed by atoms with van der Waals surface area (Å²) in [4.78, 5) is 39.4. The highest BCUT2D eigenvalue weighted by Gasteiger charge is 2.28. The van der Waals surface area contributed by atoms with Crippen molar-refractivity contribution < 1.29 is 28.3 Å². The van der Waals surface area contributed by atoms with Crippen LogP contribution in [0.15, 0.2) is 40.3 Å². The predicted octanol–water partition coefficient (Wildman–Crippen LogP) is 6.83. The van der Waals surface area contributed by atoms with Crippen LogP contribution in [0, 0.1) is 11.3 Å². The van der Waals surface area contributed by atoms with E-state index in [-0.39, 0.29) is 29.6 Å². The number of nitrogens with one attached hydrogen (secondary N) is 1. The number of anilines is 1. The number of furan rings is 1. The molecule has 0 radical (unpaired) electrons. The fourth-order valence-electron chi connectivity index (χ4n) is 4.29. The van der Waals surface area contributed by atoms with Crippen molar-refractivity contribution in [1.82, 2.24) is 0 Å². The molecule has 0 atom stereocenters. The van der Waals surface area contributed by atoms with Gasteiger partial charge in [0.1, 0.15) is 28.2 Å². The maximum absolute atomic E-state index is 13.1. The molecule has 1 aromatic carbocycles. The van der Waals surface area contributed by atoms with Crippen molar-refractivity contribution in [2.24, 2.45) is 0 Å². The van der Waals surface area contributed by atoms with Crippen LogP contribution in [-0.4, -0.2) is 30.6 Å². The first-order chi connectivity index (χ1) is 18.7. The highest BCUT2D eigenvalue weighted by molar-refractivity contribution is 7.17. The van der Waals surface area contributed by atoms with E-state index in [2.05, 4.69) is 5.32 Å². The van der Waals surface area contributed by atoms with Crippen LogP contribution < -0.4 is 5.32 Å². The smallest absolute Gasteiger partial charge is 0.341 e. The number of nitrogens with zero attached hydrogens (tertiary/aromatic N) is 1. The van der Waals surface area contributed by atoms with Gasteiger partial charge in [-0.1, -0.05) is 11.6 Å². The second kappa shape index (κ2) is 12.3. The largest absolute Gasteiger partial charge is 0.462 e. The van der Waals surface area contributed by atoms with Crippen molar-refractivity contribution in [1.29, 1.82) is 5.26 Å². The summed E-state index contributed by atoms with van der Waals surface area (Å²) in [5.74, 6) is -1.16. The van der Waals surface area contributed by atoms with Crippen molar-refractivity contribution in [3.63, 3.8) is 0 Å². The van der Waals surface area contributed by atoms with Gasteiger partial charge in [-0.15, -0.1) is 11.3 Å². The topological polar surface area (TPSA) is 119 Å². The van der Waals surface area contributed by atoms with Crippen LogP contribution in [-0.2, 0) is 27.1 Å². The Kier molecular flexibility index (Phi) is 8.90. The van der Waals surface area contributed by atoms with E-state index in [4.69, 9.17) is 25.5 Å². The quantitative estimate of drug-likeness (QED) is 0.180. The molecule has 8 nitrogen and oxygen atoms in total. The van der Waals surface area contributed by atoms with Crippen LogP contribution in [0.25, 0.3) is 17.4 Å². The van der Waals surface area contributed by atoms with Gasteiger partial charge in [-0.2, -0.15) is 5.26 Å². The zero-order valence-electron chi connectivity index (χ0n) is 21.8. The third kappa shape index (κ3) is 6.41. The number of esters is 2. The molecule has 0 aliphatic heterocycles. The molecule has 0 bridgehead atoms. The Morgan fingerprint density at radius 3 is 2.67 bits per heavy atom. The van der Waals surface area contributed by atoms with E-state index < -0.39 is 17.8 Å². The van der Waals surface area contributed by atoms with E-state index in [1.807, 2.05) is 6.07 Å². The lowest BCUT2D eigenvalue weighted by molar-refractivity contribution is -0.112. The van der Waals surface area contributed by atoms with Crippen molar-refractivity contribution >= 4 is 51.9 Å². The second-order valence-electron chi connectivity index (χ2n) is 9.11. The van der Waals surface area contributed by atoms with E-state index in [0.29, 0.717) is 26.9 Å². The monoisotopic (exact) mass is 566 g/mol. The van der Waals surface area contributed by atoms with Crippen molar-refractivity contribution in [2.75, 3.05) is 11.9 Å². The summed E-state index contributed by atoms with van der Waals surface area (Å²) in [5.41, 5.74) is 1.74. The molecule has 0 unspecified atom stereocenters. The molecule has 1 aliphatic carbocycles. The number of nitriles is 1. The number of hydrogen-bond acceptors (Lipinski definition) is 8. The third-order valence-electron chi connectivity index (χ3n) is 5.97. The number of ether oxygens (including phenoxy) is 2. The van der Waals surface area contributed by atoms with Crippen LogP contribution in [0.3, 0.4) is 0 Å². The fourth-order valence-corrected chi connectivity index (χ4v) is 5.73. The van der Waals surface area contributed by atoms with Crippen LogP contribution in [0.4, 0.5) is 5.00 Å². The molecule has 1 N–H and O–H groups in total. The number of carbonyl (C=O) groups excluding carboxylic acids is 3. The van der Waals surface area contributed by atoms with Crippen molar-refractivity contribution in [3.8, 4) is 17.4 Å². The highest BCUT2D eigenvalue weighted by Crippen LogP contribution is 2.39. The number of aryl methyl sites for hydroxylation is 1. The summed E-state index contributed by atoms with van der Waals surface area (Å²) in [6.45, 7) is 5.44. The second-order valence-corrected chi connectivity index (χ2v) is 10.6. The molecule has 39 heavy (non-hydrogen) atoms. The van der Waals surface area contributed by atoms with Crippen LogP contribution >= 0.6 is 22.9 Å². The van der Waals surface area contributed by atoms with Gasteiger partial charge >= 0.3 is 11.9 Å². The summed E-state index contributed by atoms with van der Waals surface area (Å²) >= 11 is 7.51. The van der Waals surface area contributed by atoms with E-state index in [1.54, 1.807) is 51.1 Å². The van der Waals surface area contributed by atoms with Crippen LogP contribution in [0.5, 0.6) is 0 Å². The van der Waals surface area contributed by atoms with Gasteiger partial charge in [-0.25, -0.2) is 9.59 Å². The van der Waals surface area contributed by atoms with Crippen LogP contribution in [0.2, 0.25) is 5.02 Å². The Labute approximate surface area is 235 Å². The zero-order chi connectivity index (χ0) is 28.1. The lowest BCUT2D eigenvalue weighted by Crippen LogP contribution is -2.16. The molecule has 0 fully saturated rings. The number of benzene rings is 1. The van der Waals surface area contributed by atoms with Crippen molar-refractivity contribution in [3.05, 3.63) is 68.3 Å². The first-order valence-electron chi connectivity index (χ1n) is 12.6. The SMILES string of the molecule is CCOC(=O)c1c(NC(=O)/C(C#N)=C\c2ccc(-c3cc(Cl)ccc3C(=O)OC(C)C)o2)sc2c1CCCC2. The normalized spacial score (nSPS) is 13.0. The Bertz CT molecular complexity index is 1490. The zero-order valence-corrected chi connectivity index (χ0v) is 23.3. The number of halogens is 1. The number of fused-ring (bicyclic) bond motifs is 1. The van der Waals surface area contributed by atoms with Gasteiger partial charge in [0.25, 0.3) is 5.91 Å². The number of carbonyl (C=O) groups is 3. The van der Waals surface area contributed by atoms with Gasteiger partial charge in [0.15, 0.2) is 0 Å². The fraction of sp³-hybridized carbons (Fsp3) is 0.310. The summed E-state index contributed by atoms with van der Waals surface area (Å²) in [5, 5.41) is 13.2. The molecule has 1 amide bonds. The molecule has 0 saturated carbocycles. The standard InChI is InChI=1S/C29H27ClN2O6S/c1-4-36-29(35)25-21-7-5-6-8-24(21)39-27(25)32-26(33)17(15-31)13-19-10-12-23(38-19)22-14-18(30)9-11-20(22)28(34)37-16(2)3/h9-14,16H,4-8H2,1-3H3,(H,32,33)/b17-13-. The molecule has 0 spiro atoms. The molecule has 3 aromatic rings. The third-order valence-corrected chi connectivity index (χ3v) is 7.41. The number of thiophene rings is 1. The summed E-state index contributed by atoms with van der Waals surface area (Å²) in [7, 11) is 0. The first-order valence-corrected chi connectivity index (χ1v) is 13.8. The maximum atomic E-state index is 13.1. The molecule has 10 heteroatoms. The van der Waals surface area contributed by atoms with E-state index >= 15 is 0 Å². The Balaban J connectivity index is 1.61. The molecule has 2 aromatic heterocycles. The Morgan fingerprint density at radius 2 is 1.95 bits per heavy atom. The van der Waals surface area contributed by atoms with Gasteiger partial charge < -0.3 is 19.2 Å². The molecule has 202 valence electrons. The first kappa shape index (κ1) is 28.1. The Morgan fingerprint density at radius 1 is 1.18 bits per heavy atom. The summed E-state index contributed by atoms with van der Waals surface area (Å²) in [6, 6.07) is 9.80. The molecular weight excluding hydrogens is 540 g/mol.